The Morgan fingerprint density at radius 1 is 1.32 bits per heavy atom. The molecule has 1 N–H and O–H groups in total. The number of rotatable bonds is 3. The molecule has 0 aromatic heterocycles. The highest BCUT2D eigenvalue weighted by Crippen LogP contribution is 2.45. The summed E-state index contributed by atoms with van der Waals surface area (Å²) in [7, 11) is 0. The van der Waals surface area contributed by atoms with Gasteiger partial charge in [-0.3, -0.25) is 4.90 Å². The molecule has 106 valence electrons. The first kappa shape index (κ1) is 14.3. The smallest absolute Gasteiger partial charge is 0.393 e. The van der Waals surface area contributed by atoms with Gasteiger partial charge in [-0.05, 0) is 5.56 Å². The van der Waals surface area contributed by atoms with Crippen molar-refractivity contribution in [2.45, 2.75) is 19.6 Å². The van der Waals surface area contributed by atoms with Gasteiger partial charge in [-0.2, -0.15) is 13.2 Å². The Kier molecular flexibility index (Phi) is 3.87. The number of halogens is 3. The third kappa shape index (κ3) is 3.09. The molecule has 0 saturated carbocycles. The Balaban J connectivity index is 2.11. The van der Waals surface area contributed by atoms with Crippen LogP contribution in [0.3, 0.4) is 0 Å². The second-order valence-corrected chi connectivity index (χ2v) is 5.56. The zero-order valence-corrected chi connectivity index (χ0v) is 10.8. The predicted molar refractivity (Wildman–Crippen MR) is 66.5 cm³/mol. The van der Waals surface area contributed by atoms with Gasteiger partial charge >= 0.3 is 6.18 Å². The Hall–Kier alpha value is -1.07. The van der Waals surface area contributed by atoms with Crippen molar-refractivity contribution >= 4 is 0 Å². The molecular formula is C14H18F3NO. The molecule has 19 heavy (non-hydrogen) atoms. The number of benzene rings is 1. The number of hydrogen-bond donors (Lipinski definition) is 1. The fourth-order valence-corrected chi connectivity index (χ4v) is 2.79. The van der Waals surface area contributed by atoms with Crippen molar-refractivity contribution in [3.05, 3.63) is 35.9 Å². The normalized spacial score (nSPS) is 28.8. The molecule has 1 aromatic rings. The minimum absolute atomic E-state index is 0.0462. The fraction of sp³-hybridized carbons (Fsp3) is 0.571. The van der Waals surface area contributed by atoms with Crippen LogP contribution in [0.1, 0.15) is 12.5 Å². The first-order chi connectivity index (χ1) is 8.85. The number of nitrogens with zero attached hydrogens (tertiary/aromatic N) is 1. The van der Waals surface area contributed by atoms with Gasteiger partial charge in [-0.25, -0.2) is 0 Å². The van der Waals surface area contributed by atoms with Gasteiger partial charge in [0.05, 0.1) is 12.5 Å². The summed E-state index contributed by atoms with van der Waals surface area (Å²) in [6.45, 7) is 1.78. The van der Waals surface area contributed by atoms with Crippen molar-refractivity contribution in [2.75, 3.05) is 19.7 Å². The van der Waals surface area contributed by atoms with Crippen molar-refractivity contribution < 1.29 is 18.3 Å². The van der Waals surface area contributed by atoms with Crippen molar-refractivity contribution in [2.24, 2.45) is 11.3 Å². The van der Waals surface area contributed by atoms with Crippen molar-refractivity contribution in [3.63, 3.8) is 0 Å². The molecule has 1 aliphatic heterocycles. The van der Waals surface area contributed by atoms with E-state index in [-0.39, 0.29) is 13.1 Å². The molecule has 0 bridgehead atoms. The molecule has 1 saturated heterocycles. The van der Waals surface area contributed by atoms with Gasteiger partial charge in [-0.15, -0.1) is 0 Å². The summed E-state index contributed by atoms with van der Waals surface area (Å²) in [4.78, 5) is 1.77. The Morgan fingerprint density at radius 3 is 2.42 bits per heavy atom. The Morgan fingerprint density at radius 2 is 1.95 bits per heavy atom. The second kappa shape index (κ2) is 5.13. The summed E-state index contributed by atoms with van der Waals surface area (Å²) in [5, 5.41) is 9.32. The third-order valence-electron chi connectivity index (χ3n) is 3.87. The van der Waals surface area contributed by atoms with E-state index in [0.29, 0.717) is 6.54 Å². The van der Waals surface area contributed by atoms with Gasteiger partial charge in [0.15, 0.2) is 0 Å². The monoisotopic (exact) mass is 273 g/mol. The molecule has 0 unspecified atom stereocenters. The molecule has 1 fully saturated rings. The van der Waals surface area contributed by atoms with Crippen LogP contribution >= 0.6 is 0 Å². The summed E-state index contributed by atoms with van der Waals surface area (Å²) in [5.74, 6) is -1.46. The second-order valence-electron chi connectivity index (χ2n) is 5.56. The van der Waals surface area contributed by atoms with Crippen molar-refractivity contribution in [1.29, 1.82) is 0 Å². The quantitative estimate of drug-likeness (QED) is 0.915. The Bertz CT molecular complexity index is 420. The van der Waals surface area contributed by atoms with Crippen LogP contribution in [0, 0.1) is 11.3 Å². The van der Waals surface area contributed by atoms with E-state index in [1.54, 1.807) is 4.90 Å². The number of hydrogen-bond acceptors (Lipinski definition) is 2. The third-order valence-corrected chi connectivity index (χ3v) is 3.87. The maximum atomic E-state index is 13.0. The van der Waals surface area contributed by atoms with E-state index in [4.69, 9.17) is 0 Å². The topological polar surface area (TPSA) is 23.5 Å². The summed E-state index contributed by atoms with van der Waals surface area (Å²) >= 11 is 0. The largest absolute Gasteiger partial charge is 0.396 e. The van der Waals surface area contributed by atoms with Gasteiger partial charge in [0.25, 0.3) is 0 Å². The van der Waals surface area contributed by atoms with Crippen LogP contribution in [0.15, 0.2) is 30.3 Å². The van der Waals surface area contributed by atoms with Crippen LogP contribution in [0.2, 0.25) is 0 Å². The number of alkyl halides is 3. The first-order valence-corrected chi connectivity index (χ1v) is 6.29. The summed E-state index contributed by atoms with van der Waals surface area (Å²) in [5.41, 5.74) is -0.113. The highest BCUT2D eigenvalue weighted by atomic mass is 19.4. The van der Waals surface area contributed by atoms with Crippen LogP contribution in [0.25, 0.3) is 0 Å². The molecule has 1 aromatic carbocycles. The highest BCUT2D eigenvalue weighted by molar-refractivity contribution is 5.15. The van der Waals surface area contributed by atoms with E-state index in [1.807, 2.05) is 30.3 Å². The number of aliphatic hydroxyl groups excluding tert-OH is 1. The molecule has 0 amide bonds. The van der Waals surface area contributed by atoms with Gasteiger partial charge in [0, 0.05) is 25.0 Å². The maximum absolute atomic E-state index is 13.0. The van der Waals surface area contributed by atoms with Crippen LogP contribution in [-0.4, -0.2) is 35.9 Å². The van der Waals surface area contributed by atoms with Crippen LogP contribution < -0.4 is 0 Å². The van der Waals surface area contributed by atoms with E-state index >= 15 is 0 Å². The molecule has 0 aliphatic carbocycles. The van der Waals surface area contributed by atoms with Crippen LogP contribution in [0.4, 0.5) is 13.2 Å². The minimum Gasteiger partial charge on any atom is -0.396 e. The van der Waals surface area contributed by atoms with Gasteiger partial charge in [0.1, 0.15) is 0 Å². The molecule has 2 nitrogen and oxygen atoms in total. The Labute approximate surface area is 110 Å². The zero-order valence-electron chi connectivity index (χ0n) is 10.8. The van der Waals surface area contributed by atoms with Gasteiger partial charge in [-0.1, -0.05) is 37.3 Å². The zero-order chi connectivity index (χ0) is 14.1. The molecular weight excluding hydrogens is 255 g/mol. The summed E-state index contributed by atoms with van der Waals surface area (Å²) in [6.07, 6.45) is -4.26. The standard InChI is InChI=1S/C14H18F3NO/c1-13(10-19)9-18(8-12(13)14(15,16)17)7-11-5-3-2-4-6-11/h2-6,12,19H,7-10H2,1H3/t12-,13-/m1/s1. The van der Waals surface area contributed by atoms with E-state index in [1.165, 1.54) is 6.92 Å². The maximum Gasteiger partial charge on any atom is 0.393 e. The van der Waals surface area contributed by atoms with Crippen LogP contribution in [0.5, 0.6) is 0 Å². The van der Waals surface area contributed by atoms with Crippen molar-refractivity contribution in [1.82, 2.24) is 4.90 Å². The number of likely N-dealkylation sites (tertiary alicyclic amines) is 1. The lowest BCUT2D eigenvalue weighted by Crippen LogP contribution is -2.39. The summed E-state index contributed by atoms with van der Waals surface area (Å²) < 4.78 is 39.1. The SMILES string of the molecule is C[C@]1(CO)CN(Cc2ccccc2)C[C@H]1C(F)(F)F. The van der Waals surface area contributed by atoms with Crippen molar-refractivity contribution in [3.8, 4) is 0 Å². The molecule has 0 radical (unpaired) electrons. The first-order valence-electron chi connectivity index (χ1n) is 6.29. The lowest BCUT2D eigenvalue weighted by Gasteiger charge is -2.29. The molecule has 1 heterocycles. The lowest BCUT2D eigenvalue weighted by atomic mass is 9.80. The molecule has 1 aliphatic rings. The van der Waals surface area contributed by atoms with Gasteiger partial charge in [0.2, 0.25) is 0 Å². The highest BCUT2D eigenvalue weighted by Gasteiger charge is 2.55. The molecule has 5 heteroatoms. The lowest BCUT2D eigenvalue weighted by molar-refractivity contribution is -0.197. The van der Waals surface area contributed by atoms with E-state index in [9.17, 15) is 18.3 Å². The molecule has 2 atom stereocenters. The van der Waals surface area contributed by atoms with E-state index in [2.05, 4.69) is 0 Å². The predicted octanol–water partition coefficient (Wildman–Crippen LogP) is 2.68. The molecule has 0 spiro atoms. The molecule has 2 rings (SSSR count). The fourth-order valence-electron chi connectivity index (χ4n) is 2.79. The van der Waals surface area contributed by atoms with Crippen LogP contribution in [-0.2, 0) is 6.54 Å². The minimum atomic E-state index is -4.26. The average molecular weight is 273 g/mol. The van der Waals surface area contributed by atoms with E-state index in [0.717, 1.165) is 5.56 Å². The average Bonchev–Trinajstić information content (AvgIpc) is 2.68. The van der Waals surface area contributed by atoms with Gasteiger partial charge < -0.3 is 5.11 Å². The summed E-state index contributed by atoms with van der Waals surface area (Å²) in [6, 6.07) is 9.42. The number of aliphatic hydroxyl groups is 1. The van der Waals surface area contributed by atoms with E-state index < -0.39 is 24.1 Å².